The van der Waals surface area contributed by atoms with Gasteiger partial charge in [-0.3, -0.25) is 0 Å². The Bertz CT molecular complexity index is 663. The molecule has 0 saturated heterocycles. The highest BCUT2D eigenvalue weighted by molar-refractivity contribution is 7.13. The topological polar surface area (TPSA) is 50.2 Å². The molecule has 1 unspecified atom stereocenters. The molecular weight excluding hydrogens is 282 g/mol. The fourth-order valence-corrected chi connectivity index (χ4v) is 4.21. The van der Waals surface area contributed by atoms with Gasteiger partial charge >= 0.3 is 5.97 Å². The SMILES string of the molecule is CCCc1nc(C2CCCc3ccccc32)sc1C(=O)O. The molecular formula is C17H19NO2S. The van der Waals surface area contributed by atoms with E-state index in [2.05, 4.69) is 36.2 Å². The number of fused-ring (bicyclic) bond motifs is 1. The lowest BCUT2D eigenvalue weighted by Gasteiger charge is -2.23. The van der Waals surface area contributed by atoms with Crippen LogP contribution in [-0.2, 0) is 12.8 Å². The average molecular weight is 301 g/mol. The summed E-state index contributed by atoms with van der Waals surface area (Å²) < 4.78 is 0. The van der Waals surface area contributed by atoms with Gasteiger partial charge in [0.1, 0.15) is 9.88 Å². The minimum atomic E-state index is -0.841. The summed E-state index contributed by atoms with van der Waals surface area (Å²) in [6, 6.07) is 8.49. The van der Waals surface area contributed by atoms with Crippen molar-refractivity contribution in [1.29, 1.82) is 0 Å². The summed E-state index contributed by atoms with van der Waals surface area (Å²) in [7, 11) is 0. The highest BCUT2D eigenvalue weighted by Gasteiger charge is 2.26. The number of nitrogens with zero attached hydrogens (tertiary/aromatic N) is 1. The van der Waals surface area contributed by atoms with Gasteiger partial charge in [-0.2, -0.15) is 0 Å². The Morgan fingerprint density at radius 2 is 2.24 bits per heavy atom. The quantitative estimate of drug-likeness (QED) is 0.918. The van der Waals surface area contributed by atoms with Crippen LogP contribution in [0.2, 0.25) is 0 Å². The van der Waals surface area contributed by atoms with Crippen LogP contribution < -0.4 is 0 Å². The summed E-state index contributed by atoms with van der Waals surface area (Å²) in [5.41, 5.74) is 3.48. The summed E-state index contributed by atoms with van der Waals surface area (Å²) in [5.74, 6) is -0.574. The summed E-state index contributed by atoms with van der Waals surface area (Å²) in [4.78, 5) is 16.5. The molecule has 0 aliphatic heterocycles. The highest BCUT2D eigenvalue weighted by Crippen LogP contribution is 2.39. The molecule has 1 N–H and O–H groups in total. The zero-order valence-corrected chi connectivity index (χ0v) is 12.9. The maximum Gasteiger partial charge on any atom is 0.347 e. The van der Waals surface area contributed by atoms with Crippen LogP contribution in [0.4, 0.5) is 0 Å². The lowest BCUT2D eigenvalue weighted by atomic mass is 9.83. The minimum absolute atomic E-state index is 0.267. The van der Waals surface area contributed by atoms with Gasteiger partial charge in [0.25, 0.3) is 0 Å². The van der Waals surface area contributed by atoms with E-state index in [1.165, 1.54) is 22.5 Å². The first-order chi connectivity index (χ1) is 10.2. The molecule has 1 aromatic carbocycles. The van der Waals surface area contributed by atoms with E-state index < -0.39 is 5.97 Å². The van der Waals surface area contributed by atoms with Crippen LogP contribution in [0, 0.1) is 0 Å². The summed E-state index contributed by atoms with van der Waals surface area (Å²) >= 11 is 1.37. The predicted octanol–water partition coefficient (Wildman–Crippen LogP) is 4.26. The number of hydrogen-bond donors (Lipinski definition) is 1. The van der Waals surface area contributed by atoms with Crippen LogP contribution in [0.1, 0.15) is 63.6 Å². The van der Waals surface area contributed by atoms with Crippen LogP contribution >= 0.6 is 11.3 Å². The molecule has 1 heterocycles. The first kappa shape index (κ1) is 14.3. The molecule has 0 spiro atoms. The average Bonchev–Trinajstić information content (AvgIpc) is 2.91. The minimum Gasteiger partial charge on any atom is -0.477 e. The molecule has 3 rings (SSSR count). The Balaban J connectivity index is 2.02. The van der Waals surface area contributed by atoms with Crippen LogP contribution in [0.5, 0.6) is 0 Å². The van der Waals surface area contributed by atoms with E-state index in [-0.39, 0.29) is 5.92 Å². The number of carboxylic acid groups (broad SMARTS) is 1. The molecule has 0 fully saturated rings. The molecule has 1 atom stereocenters. The van der Waals surface area contributed by atoms with Crippen molar-refractivity contribution in [3.8, 4) is 0 Å². The van der Waals surface area contributed by atoms with Gasteiger partial charge in [0.2, 0.25) is 0 Å². The predicted molar refractivity (Wildman–Crippen MR) is 84.3 cm³/mol. The van der Waals surface area contributed by atoms with E-state index in [0.717, 1.165) is 42.8 Å². The third-order valence-corrected chi connectivity index (χ3v) is 5.26. The molecule has 1 aliphatic carbocycles. The Morgan fingerprint density at radius 1 is 1.43 bits per heavy atom. The molecule has 2 aromatic rings. The van der Waals surface area contributed by atoms with Crippen molar-refractivity contribution in [1.82, 2.24) is 4.98 Å². The lowest BCUT2D eigenvalue weighted by molar-refractivity contribution is 0.0700. The normalized spacial score (nSPS) is 17.5. The maximum absolute atomic E-state index is 11.4. The number of carbonyl (C=O) groups is 1. The molecule has 0 radical (unpaired) electrons. The number of aromatic nitrogens is 1. The van der Waals surface area contributed by atoms with E-state index in [9.17, 15) is 9.90 Å². The van der Waals surface area contributed by atoms with Crippen molar-refractivity contribution in [3.63, 3.8) is 0 Å². The molecule has 21 heavy (non-hydrogen) atoms. The second-order valence-corrected chi connectivity index (χ2v) is 6.56. The number of aryl methyl sites for hydroxylation is 2. The molecule has 0 amide bonds. The first-order valence-corrected chi connectivity index (χ1v) is 8.33. The highest BCUT2D eigenvalue weighted by atomic mass is 32.1. The number of thiazole rings is 1. The number of rotatable bonds is 4. The Hall–Kier alpha value is -1.68. The molecule has 4 heteroatoms. The van der Waals surface area contributed by atoms with E-state index >= 15 is 0 Å². The molecule has 3 nitrogen and oxygen atoms in total. The third-order valence-electron chi connectivity index (χ3n) is 4.06. The van der Waals surface area contributed by atoms with Crippen LogP contribution in [0.25, 0.3) is 0 Å². The number of carboxylic acids is 1. The maximum atomic E-state index is 11.4. The Labute approximate surface area is 128 Å². The van der Waals surface area contributed by atoms with E-state index in [1.54, 1.807) is 0 Å². The van der Waals surface area contributed by atoms with Gasteiger partial charge in [0.05, 0.1) is 5.69 Å². The van der Waals surface area contributed by atoms with Crippen molar-refractivity contribution in [3.05, 3.63) is 51.0 Å². The zero-order chi connectivity index (χ0) is 14.8. The van der Waals surface area contributed by atoms with E-state index in [0.29, 0.717) is 4.88 Å². The zero-order valence-electron chi connectivity index (χ0n) is 12.1. The van der Waals surface area contributed by atoms with Crippen molar-refractivity contribution in [2.45, 2.75) is 44.9 Å². The van der Waals surface area contributed by atoms with Gasteiger partial charge in [0.15, 0.2) is 0 Å². The van der Waals surface area contributed by atoms with Crippen molar-refractivity contribution < 1.29 is 9.90 Å². The molecule has 0 saturated carbocycles. The molecule has 1 aromatic heterocycles. The Morgan fingerprint density at radius 3 is 3.00 bits per heavy atom. The van der Waals surface area contributed by atoms with Crippen molar-refractivity contribution in [2.24, 2.45) is 0 Å². The van der Waals surface area contributed by atoms with Gasteiger partial charge in [-0.1, -0.05) is 37.6 Å². The van der Waals surface area contributed by atoms with Crippen LogP contribution in [0.3, 0.4) is 0 Å². The summed E-state index contributed by atoms with van der Waals surface area (Å²) in [6.45, 7) is 2.06. The summed E-state index contributed by atoms with van der Waals surface area (Å²) in [6.07, 6.45) is 4.99. The number of benzene rings is 1. The lowest BCUT2D eigenvalue weighted by Crippen LogP contribution is -2.10. The summed E-state index contributed by atoms with van der Waals surface area (Å²) in [5, 5.41) is 10.3. The van der Waals surface area contributed by atoms with Crippen LogP contribution in [0.15, 0.2) is 24.3 Å². The standard InChI is InChI=1S/C17H19NO2S/c1-2-6-14-15(17(19)20)21-16(18-14)13-10-5-8-11-7-3-4-9-12(11)13/h3-4,7,9,13H,2,5-6,8,10H2,1H3,(H,19,20). The van der Waals surface area contributed by atoms with Crippen molar-refractivity contribution >= 4 is 17.3 Å². The van der Waals surface area contributed by atoms with E-state index in [4.69, 9.17) is 0 Å². The van der Waals surface area contributed by atoms with Crippen molar-refractivity contribution in [2.75, 3.05) is 0 Å². The number of hydrogen-bond acceptors (Lipinski definition) is 3. The second kappa shape index (κ2) is 5.98. The third kappa shape index (κ3) is 2.72. The fourth-order valence-electron chi connectivity index (χ4n) is 3.10. The smallest absolute Gasteiger partial charge is 0.347 e. The molecule has 0 bridgehead atoms. The van der Waals surface area contributed by atoms with Gasteiger partial charge in [-0.05, 0) is 36.8 Å². The van der Waals surface area contributed by atoms with Gasteiger partial charge in [0, 0.05) is 5.92 Å². The fraction of sp³-hybridized carbons (Fsp3) is 0.412. The number of aromatic carboxylic acids is 1. The van der Waals surface area contributed by atoms with Gasteiger partial charge < -0.3 is 5.11 Å². The first-order valence-electron chi connectivity index (χ1n) is 7.51. The Kier molecular flexibility index (Phi) is 4.06. The van der Waals surface area contributed by atoms with Gasteiger partial charge in [-0.15, -0.1) is 11.3 Å². The largest absolute Gasteiger partial charge is 0.477 e. The van der Waals surface area contributed by atoms with Crippen LogP contribution in [-0.4, -0.2) is 16.1 Å². The second-order valence-electron chi connectivity index (χ2n) is 5.53. The van der Waals surface area contributed by atoms with E-state index in [1.807, 2.05) is 0 Å². The monoisotopic (exact) mass is 301 g/mol. The van der Waals surface area contributed by atoms with Gasteiger partial charge in [-0.25, -0.2) is 9.78 Å². The molecule has 1 aliphatic rings. The molecule has 110 valence electrons.